The molecule has 0 N–H and O–H groups in total. The molecule has 3 heterocycles. The molecule has 7 nitrogen and oxygen atoms in total. The minimum Gasteiger partial charge on any atom is -0.610 e. The van der Waals surface area contributed by atoms with Crippen LogP contribution in [-0.2, 0) is 11.2 Å². The van der Waals surface area contributed by atoms with Crippen LogP contribution >= 0.6 is 0 Å². The lowest BCUT2D eigenvalue weighted by molar-refractivity contribution is 0.414. The van der Waals surface area contributed by atoms with E-state index in [0.717, 1.165) is 16.5 Å². The molecule has 1 radical (unpaired) electrons. The average molecular weight is 364 g/mol. The van der Waals surface area contributed by atoms with E-state index in [1.54, 1.807) is 54.8 Å². The number of aromatic nitrogens is 5. The Balaban J connectivity index is 1.77. The molecule has 4 aromatic rings. The van der Waals surface area contributed by atoms with Gasteiger partial charge in [0.2, 0.25) is 0 Å². The van der Waals surface area contributed by atoms with Gasteiger partial charge < -0.3 is 9.29 Å². The van der Waals surface area contributed by atoms with Crippen molar-refractivity contribution in [1.82, 2.24) is 24.7 Å². The van der Waals surface area contributed by atoms with Crippen molar-refractivity contribution < 1.29 is 9.29 Å². The van der Waals surface area contributed by atoms with Crippen LogP contribution < -0.4 is 4.74 Å². The maximum Gasteiger partial charge on any atom is 0.271 e. The number of rotatable bonds is 4. The lowest BCUT2D eigenvalue weighted by atomic mass is 10.2. The third-order valence-electron chi connectivity index (χ3n) is 3.85. The summed E-state index contributed by atoms with van der Waals surface area (Å²) in [5.74, 6) is 1.10. The summed E-state index contributed by atoms with van der Waals surface area (Å²) in [6.07, 6.45) is 6.61. The summed E-state index contributed by atoms with van der Waals surface area (Å²) in [6.45, 7) is 0. The van der Waals surface area contributed by atoms with Crippen molar-refractivity contribution in [2.75, 3.05) is 13.4 Å². The normalized spacial score (nSPS) is 12.3. The molecule has 8 heteroatoms. The number of ether oxygens (including phenoxy) is 1. The van der Waals surface area contributed by atoms with Crippen LogP contribution in [0.3, 0.4) is 0 Å². The van der Waals surface area contributed by atoms with Gasteiger partial charge in [-0.2, -0.15) is 4.68 Å². The molecule has 0 saturated heterocycles. The fraction of sp³-hybridized carbons (Fsp3) is 0.111. The van der Waals surface area contributed by atoms with Crippen LogP contribution in [0.4, 0.5) is 0 Å². The Morgan fingerprint density at radius 2 is 2.00 bits per heavy atom. The van der Waals surface area contributed by atoms with Gasteiger partial charge in [0.15, 0.2) is 0 Å². The van der Waals surface area contributed by atoms with Crippen molar-refractivity contribution in [3.63, 3.8) is 0 Å². The van der Waals surface area contributed by atoms with Gasteiger partial charge in [0.1, 0.15) is 12.0 Å². The highest BCUT2D eigenvalue weighted by molar-refractivity contribution is 7.90. The lowest BCUT2D eigenvalue weighted by Gasteiger charge is -2.05. The van der Waals surface area contributed by atoms with Gasteiger partial charge >= 0.3 is 0 Å². The second kappa shape index (κ2) is 6.74. The van der Waals surface area contributed by atoms with Crippen molar-refractivity contribution in [2.24, 2.45) is 0 Å². The van der Waals surface area contributed by atoms with Gasteiger partial charge in [-0.05, 0) is 24.3 Å². The molecular formula is C18H14N5O2S. The highest BCUT2D eigenvalue weighted by Gasteiger charge is 2.19. The molecule has 1 aromatic carbocycles. The molecule has 0 aliphatic rings. The van der Waals surface area contributed by atoms with Crippen LogP contribution in [0.2, 0.25) is 0 Å². The fourth-order valence-electron chi connectivity index (χ4n) is 2.60. The van der Waals surface area contributed by atoms with Crippen molar-refractivity contribution >= 4 is 22.1 Å². The van der Waals surface area contributed by atoms with E-state index in [9.17, 15) is 4.55 Å². The highest BCUT2D eigenvalue weighted by Crippen LogP contribution is 2.25. The Kier molecular flexibility index (Phi) is 4.27. The molecule has 1 atom stereocenters. The maximum atomic E-state index is 12.0. The lowest BCUT2D eigenvalue weighted by Crippen LogP contribution is -2.05. The van der Waals surface area contributed by atoms with Crippen LogP contribution in [0.1, 0.15) is 0 Å². The summed E-state index contributed by atoms with van der Waals surface area (Å²) in [5, 5.41) is 5.72. The zero-order chi connectivity index (χ0) is 18.1. The summed E-state index contributed by atoms with van der Waals surface area (Å²) < 4.78 is 18.8. The number of pyridine rings is 1. The standard InChI is InChI=1S/C18H14N5O2S/c1-25-13-7-8-19-15(9-13)12-10-20-18(21-11-12)23-16-6-4-3-5-14(16)17(22-23)26(2)24/h3,5-11H,1-2H3. The zero-order valence-corrected chi connectivity index (χ0v) is 14.9. The van der Waals surface area contributed by atoms with E-state index in [-0.39, 0.29) is 0 Å². The van der Waals surface area contributed by atoms with Gasteiger partial charge in [-0.1, -0.05) is 6.07 Å². The Hall–Kier alpha value is -2.97. The predicted octanol–water partition coefficient (Wildman–Crippen LogP) is 2.42. The third kappa shape index (κ3) is 2.89. The van der Waals surface area contributed by atoms with Crippen molar-refractivity contribution in [2.45, 2.75) is 5.03 Å². The molecule has 0 bridgehead atoms. The van der Waals surface area contributed by atoms with Crippen molar-refractivity contribution in [3.8, 4) is 23.0 Å². The Labute approximate surface area is 152 Å². The Morgan fingerprint density at radius 1 is 1.19 bits per heavy atom. The summed E-state index contributed by atoms with van der Waals surface area (Å²) in [4.78, 5) is 13.1. The van der Waals surface area contributed by atoms with Crippen LogP contribution in [-0.4, -0.2) is 42.7 Å². The van der Waals surface area contributed by atoms with Crippen LogP contribution in [0.5, 0.6) is 5.75 Å². The van der Waals surface area contributed by atoms with E-state index in [2.05, 4.69) is 26.1 Å². The summed E-state index contributed by atoms with van der Waals surface area (Å²) in [5.41, 5.74) is 2.23. The Morgan fingerprint density at radius 3 is 2.73 bits per heavy atom. The molecule has 0 aliphatic heterocycles. The number of nitrogens with zero attached hydrogens (tertiary/aromatic N) is 5. The molecule has 1 unspecified atom stereocenters. The van der Waals surface area contributed by atoms with E-state index in [0.29, 0.717) is 22.4 Å². The fourth-order valence-corrected chi connectivity index (χ4v) is 3.28. The van der Waals surface area contributed by atoms with Gasteiger partial charge in [0.05, 0.1) is 23.7 Å². The van der Waals surface area contributed by atoms with Gasteiger partial charge in [0.25, 0.3) is 11.0 Å². The largest absolute Gasteiger partial charge is 0.610 e. The molecule has 0 aliphatic carbocycles. The molecule has 4 rings (SSSR count). The quantitative estimate of drug-likeness (QED) is 0.517. The summed E-state index contributed by atoms with van der Waals surface area (Å²) >= 11 is -1.22. The summed E-state index contributed by atoms with van der Waals surface area (Å²) in [6, 6.07) is 12.0. The molecule has 0 fully saturated rings. The van der Waals surface area contributed by atoms with E-state index in [4.69, 9.17) is 4.74 Å². The number of hydrogen-bond donors (Lipinski definition) is 0. The minimum atomic E-state index is -1.22. The van der Waals surface area contributed by atoms with Gasteiger partial charge in [-0.3, -0.25) is 4.98 Å². The first-order valence-corrected chi connectivity index (χ1v) is 9.28. The van der Waals surface area contributed by atoms with E-state index < -0.39 is 11.2 Å². The topological polar surface area (TPSA) is 88.8 Å². The minimum absolute atomic E-state index is 0.387. The van der Waals surface area contributed by atoms with Gasteiger partial charge in [-0.15, -0.1) is 5.10 Å². The number of hydrogen-bond acceptors (Lipinski definition) is 6. The molecule has 0 amide bonds. The van der Waals surface area contributed by atoms with E-state index in [1.807, 2.05) is 12.1 Å². The predicted molar refractivity (Wildman–Crippen MR) is 97.6 cm³/mol. The second-order valence-electron chi connectivity index (χ2n) is 5.47. The first-order valence-electron chi connectivity index (χ1n) is 7.72. The monoisotopic (exact) mass is 364 g/mol. The molecule has 0 spiro atoms. The first kappa shape index (κ1) is 16.5. The first-order chi connectivity index (χ1) is 12.7. The van der Waals surface area contributed by atoms with Crippen molar-refractivity contribution in [1.29, 1.82) is 0 Å². The maximum absolute atomic E-state index is 12.0. The SMILES string of the molecule is COc1ccnc(-c2cnc(-n3nc([S+](C)[O-])c4cc[c]cc43)nc2)c1. The smallest absolute Gasteiger partial charge is 0.271 e. The molecule has 26 heavy (non-hydrogen) atoms. The third-order valence-corrected chi connectivity index (χ3v) is 4.70. The summed E-state index contributed by atoms with van der Waals surface area (Å²) in [7, 11) is 1.60. The second-order valence-corrected chi connectivity index (χ2v) is 6.76. The van der Waals surface area contributed by atoms with Crippen LogP contribution in [0.25, 0.3) is 28.1 Å². The molecule has 0 saturated carbocycles. The molecule has 3 aromatic heterocycles. The Bertz CT molecular complexity index is 1060. The average Bonchev–Trinajstić information content (AvgIpc) is 3.08. The molecule has 129 valence electrons. The van der Waals surface area contributed by atoms with E-state index >= 15 is 0 Å². The number of methoxy groups -OCH3 is 1. The van der Waals surface area contributed by atoms with E-state index in [1.165, 1.54) is 0 Å². The van der Waals surface area contributed by atoms with Crippen molar-refractivity contribution in [3.05, 3.63) is 55.0 Å². The van der Waals surface area contributed by atoms with Gasteiger partial charge in [-0.25, -0.2) is 9.97 Å². The van der Waals surface area contributed by atoms with Crippen LogP contribution in [0, 0.1) is 6.07 Å². The molecular weight excluding hydrogens is 350 g/mol. The zero-order valence-electron chi connectivity index (χ0n) is 14.1. The number of benzene rings is 1. The highest BCUT2D eigenvalue weighted by atomic mass is 32.2. The number of fused-ring (bicyclic) bond motifs is 1. The van der Waals surface area contributed by atoms with Crippen LogP contribution in [0.15, 0.2) is 53.9 Å². The van der Waals surface area contributed by atoms with Gasteiger partial charge in [0, 0.05) is 41.4 Å².